The summed E-state index contributed by atoms with van der Waals surface area (Å²) in [4.78, 5) is 2.07. The van der Waals surface area contributed by atoms with Gasteiger partial charge in [-0.05, 0) is 38.1 Å². The van der Waals surface area contributed by atoms with Crippen LogP contribution in [0.3, 0.4) is 0 Å². The Morgan fingerprint density at radius 2 is 1.93 bits per heavy atom. The molecule has 0 saturated carbocycles. The van der Waals surface area contributed by atoms with Crippen LogP contribution in [-0.2, 0) is 0 Å². The number of hydrogen-bond acceptors (Lipinski definition) is 2. The Labute approximate surface area is 90.1 Å². The zero-order valence-electron chi connectivity index (χ0n) is 9.04. The third-order valence-corrected chi connectivity index (χ3v) is 3.09. The van der Waals surface area contributed by atoms with Crippen molar-refractivity contribution in [2.45, 2.75) is 18.9 Å². The van der Waals surface area contributed by atoms with Crippen molar-refractivity contribution >= 4 is 5.69 Å². The van der Waals surface area contributed by atoms with E-state index < -0.39 is 0 Å². The topological polar surface area (TPSA) is 15.3 Å². The maximum absolute atomic E-state index is 13.5. The second kappa shape index (κ2) is 4.62. The van der Waals surface area contributed by atoms with E-state index in [0.717, 1.165) is 25.9 Å². The summed E-state index contributed by atoms with van der Waals surface area (Å²) in [6, 6.07) is 7.44. The van der Waals surface area contributed by atoms with Crippen molar-refractivity contribution in [1.82, 2.24) is 5.32 Å². The molecule has 1 aliphatic heterocycles. The molecule has 1 aliphatic rings. The van der Waals surface area contributed by atoms with E-state index in [1.165, 1.54) is 6.07 Å². The van der Waals surface area contributed by atoms with Gasteiger partial charge in [0.2, 0.25) is 0 Å². The van der Waals surface area contributed by atoms with Crippen LogP contribution >= 0.6 is 0 Å². The highest BCUT2D eigenvalue weighted by Gasteiger charge is 2.19. The Bertz CT molecular complexity index is 321. The molecule has 15 heavy (non-hydrogen) atoms. The van der Waals surface area contributed by atoms with Crippen molar-refractivity contribution in [3.8, 4) is 0 Å². The highest BCUT2D eigenvalue weighted by atomic mass is 19.1. The van der Waals surface area contributed by atoms with E-state index in [4.69, 9.17) is 0 Å². The summed E-state index contributed by atoms with van der Waals surface area (Å²) in [5.41, 5.74) is 0.712. The number of rotatable bonds is 2. The first-order valence-electron chi connectivity index (χ1n) is 5.47. The summed E-state index contributed by atoms with van der Waals surface area (Å²) in [5.74, 6) is -0.126. The molecule has 3 heteroatoms. The van der Waals surface area contributed by atoms with Gasteiger partial charge in [-0.1, -0.05) is 12.1 Å². The molecule has 1 N–H and O–H groups in total. The van der Waals surface area contributed by atoms with Gasteiger partial charge in [0.05, 0.1) is 5.69 Å². The fourth-order valence-corrected chi connectivity index (χ4v) is 2.13. The van der Waals surface area contributed by atoms with Crippen molar-refractivity contribution in [1.29, 1.82) is 0 Å². The molecule has 1 saturated heterocycles. The van der Waals surface area contributed by atoms with Gasteiger partial charge in [-0.3, -0.25) is 0 Å². The Kier molecular flexibility index (Phi) is 3.21. The molecule has 1 aromatic carbocycles. The van der Waals surface area contributed by atoms with Crippen LogP contribution in [0.25, 0.3) is 0 Å². The van der Waals surface area contributed by atoms with E-state index in [9.17, 15) is 4.39 Å². The molecule has 0 aliphatic carbocycles. The Morgan fingerprint density at radius 3 is 2.60 bits per heavy atom. The van der Waals surface area contributed by atoms with Gasteiger partial charge in [0.15, 0.2) is 0 Å². The summed E-state index contributed by atoms with van der Waals surface area (Å²) >= 11 is 0. The summed E-state index contributed by atoms with van der Waals surface area (Å²) < 4.78 is 13.5. The maximum Gasteiger partial charge on any atom is 0.146 e. The number of piperidine rings is 1. The number of halogens is 1. The quantitative estimate of drug-likeness (QED) is 0.800. The monoisotopic (exact) mass is 208 g/mol. The lowest BCUT2D eigenvalue weighted by molar-refractivity contribution is 0.440. The molecular formula is C12H17FN2. The van der Waals surface area contributed by atoms with Crippen molar-refractivity contribution in [3.05, 3.63) is 30.1 Å². The Hall–Kier alpha value is -1.09. The van der Waals surface area contributed by atoms with Crippen LogP contribution in [0.15, 0.2) is 24.3 Å². The molecule has 2 nitrogen and oxygen atoms in total. The summed E-state index contributed by atoms with van der Waals surface area (Å²) in [7, 11) is 1.98. The van der Waals surface area contributed by atoms with Gasteiger partial charge in [0, 0.05) is 13.1 Å². The van der Waals surface area contributed by atoms with E-state index in [0.29, 0.717) is 11.7 Å². The number of nitrogens with zero attached hydrogens (tertiary/aromatic N) is 1. The lowest BCUT2D eigenvalue weighted by Gasteiger charge is -2.33. The third kappa shape index (κ3) is 2.29. The minimum Gasteiger partial charge on any atom is -0.369 e. The lowest BCUT2D eigenvalue weighted by atomic mass is 10.0. The zero-order chi connectivity index (χ0) is 10.7. The third-order valence-electron chi connectivity index (χ3n) is 3.09. The molecule has 0 radical (unpaired) electrons. The maximum atomic E-state index is 13.5. The molecule has 2 rings (SSSR count). The normalized spacial score (nSPS) is 17.7. The van der Waals surface area contributed by atoms with Crippen LogP contribution in [0.2, 0.25) is 0 Å². The first-order chi connectivity index (χ1) is 7.29. The molecular weight excluding hydrogens is 191 g/mol. The Morgan fingerprint density at radius 1 is 1.27 bits per heavy atom. The number of benzene rings is 1. The van der Waals surface area contributed by atoms with Gasteiger partial charge < -0.3 is 10.2 Å². The van der Waals surface area contributed by atoms with Crippen LogP contribution in [0.5, 0.6) is 0 Å². The second-order valence-electron chi connectivity index (χ2n) is 4.04. The molecule has 0 bridgehead atoms. The second-order valence-corrected chi connectivity index (χ2v) is 4.04. The van der Waals surface area contributed by atoms with E-state index in [1.54, 1.807) is 6.07 Å². The average molecular weight is 208 g/mol. The average Bonchev–Trinajstić information content (AvgIpc) is 2.30. The molecule has 1 aromatic rings. The highest BCUT2D eigenvalue weighted by Crippen LogP contribution is 2.22. The van der Waals surface area contributed by atoms with E-state index >= 15 is 0 Å². The van der Waals surface area contributed by atoms with Gasteiger partial charge in [0.25, 0.3) is 0 Å². The zero-order valence-corrected chi connectivity index (χ0v) is 9.04. The SMILES string of the molecule is CN(c1ccccc1F)C1CCNCC1. The lowest BCUT2D eigenvalue weighted by Crippen LogP contribution is -2.41. The van der Waals surface area contributed by atoms with Gasteiger partial charge in [-0.25, -0.2) is 4.39 Å². The fourth-order valence-electron chi connectivity index (χ4n) is 2.13. The van der Waals surface area contributed by atoms with Gasteiger partial charge in [0.1, 0.15) is 5.82 Å². The largest absolute Gasteiger partial charge is 0.369 e. The van der Waals surface area contributed by atoms with E-state index in [2.05, 4.69) is 10.2 Å². The first-order valence-corrected chi connectivity index (χ1v) is 5.47. The molecule has 0 spiro atoms. The molecule has 0 aromatic heterocycles. The van der Waals surface area contributed by atoms with Crippen LogP contribution in [0.4, 0.5) is 10.1 Å². The van der Waals surface area contributed by atoms with Gasteiger partial charge >= 0.3 is 0 Å². The van der Waals surface area contributed by atoms with Crippen LogP contribution in [0.1, 0.15) is 12.8 Å². The summed E-state index contributed by atoms with van der Waals surface area (Å²) in [6.07, 6.45) is 2.18. The number of para-hydroxylation sites is 1. The number of anilines is 1. The predicted molar refractivity (Wildman–Crippen MR) is 60.7 cm³/mol. The van der Waals surface area contributed by atoms with Gasteiger partial charge in [-0.2, -0.15) is 0 Å². The summed E-state index contributed by atoms with van der Waals surface area (Å²) in [6.45, 7) is 2.06. The van der Waals surface area contributed by atoms with E-state index in [-0.39, 0.29) is 5.82 Å². The number of hydrogen-bond donors (Lipinski definition) is 1. The molecule has 0 amide bonds. The van der Waals surface area contributed by atoms with E-state index in [1.807, 2.05) is 19.2 Å². The van der Waals surface area contributed by atoms with Crippen molar-refractivity contribution in [3.63, 3.8) is 0 Å². The minimum atomic E-state index is -0.126. The molecule has 1 heterocycles. The minimum absolute atomic E-state index is 0.126. The molecule has 82 valence electrons. The number of nitrogens with one attached hydrogen (secondary N) is 1. The standard InChI is InChI=1S/C12H17FN2/c1-15(10-6-8-14-9-7-10)12-5-3-2-4-11(12)13/h2-5,10,14H,6-9H2,1H3. The van der Waals surface area contributed by atoms with Crippen molar-refractivity contribution < 1.29 is 4.39 Å². The Balaban J connectivity index is 2.12. The molecule has 0 unspecified atom stereocenters. The smallest absolute Gasteiger partial charge is 0.146 e. The first kappa shape index (κ1) is 10.4. The summed E-state index contributed by atoms with van der Waals surface area (Å²) in [5, 5.41) is 3.32. The highest BCUT2D eigenvalue weighted by molar-refractivity contribution is 5.47. The van der Waals surface area contributed by atoms with Crippen molar-refractivity contribution in [2.24, 2.45) is 0 Å². The van der Waals surface area contributed by atoms with Crippen molar-refractivity contribution in [2.75, 3.05) is 25.0 Å². The molecule has 1 fully saturated rings. The molecule has 0 atom stereocenters. The van der Waals surface area contributed by atoms with Gasteiger partial charge in [-0.15, -0.1) is 0 Å². The van der Waals surface area contributed by atoms with Crippen LogP contribution < -0.4 is 10.2 Å². The van der Waals surface area contributed by atoms with Crippen LogP contribution in [0, 0.1) is 5.82 Å². The van der Waals surface area contributed by atoms with Crippen LogP contribution in [-0.4, -0.2) is 26.2 Å². The fraction of sp³-hybridized carbons (Fsp3) is 0.500. The predicted octanol–water partition coefficient (Wildman–Crippen LogP) is 2.01.